The summed E-state index contributed by atoms with van der Waals surface area (Å²) in [5, 5.41) is 5.23. The maximum Gasteiger partial charge on any atom is 0.174 e. The number of rotatable bonds is 4. The topological polar surface area (TPSA) is 29.1 Å². The third-order valence-corrected chi connectivity index (χ3v) is 2.71. The molecule has 1 rings (SSSR count). The van der Waals surface area contributed by atoms with Crippen LogP contribution in [0.15, 0.2) is 17.5 Å². The summed E-state index contributed by atoms with van der Waals surface area (Å²) in [7, 11) is 0. The molecule has 0 amide bonds. The van der Waals surface area contributed by atoms with Gasteiger partial charge in [-0.05, 0) is 32.2 Å². The van der Waals surface area contributed by atoms with Crippen molar-refractivity contribution in [3.05, 3.63) is 22.4 Å². The van der Waals surface area contributed by atoms with Gasteiger partial charge in [0, 0.05) is 18.5 Å². The highest BCUT2D eigenvalue weighted by Gasteiger charge is 2.10. The van der Waals surface area contributed by atoms with E-state index in [-0.39, 0.29) is 11.3 Å². The number of carbonyl (C=O) groups is 1. The molecule has 2 nitrogen and oxygen atoms in total. The van der Waals surface area contributed by atoms with Crippen LogP contribution in [0.25, 0.3) is 0 Å². The van der Waals surface area contributed by atoms with Crippen molar-refractivity contribution >= 4 is 17.1 Å². The van der Waals surface area contributed by atoms with Gasteiger partial charge in [0.25, 0.3) is 0 Å². The predicted molar refractivity (Wildman–Crippen MR) is 61.0 cm³/mol. The summed E-state index contributed by atoms with van der Waals surface area (Å²) in [6, 6.07) is 3.79. The predicted octanol–water partition coefficient (Wildman–Crippen LogP) is 2.71. The van der Waals surface area contributed by atoms with Gasteiger partial charge < -0.3 is 5.32 Å². The summed E-state index contributed by atoms with van der Waals surface area (Å²) < 4.78 is 0. The fourth-order valence-corrected chi connectivity index (χ4v) is 1.81. The van der Waals surface area contributed by atoms with Crippen LogP contribution >= 0.6 is 11.3 Å². The molecule has 1 heterocycles. The molecule has 0 radical (unpaired) electrons. The summed E-state index contributed by atoms with van der Waals surface area (Å²) in [6.07, 6.45) is 0.581. The monoisotopic (exact) mass is 211 g/mol. The van der Waals surface area contributed by atoms with Gasteiger partial charge in [0.1, 0.15) is 0 Å². The number of Topliss-reactive ketones (excluding diaryl/α,β-unsaturated/α-hetero) is 1. The van der Waals surface area contributed by atoms with Crippen LogP contribution in [0.5, 0.6) is 0 Å². The number of hydrogen-bond donors (Lipinski definition) is 1. The fraction of sp³-hybridized carbons (Fsp3) is 0.545. The number of carbonyl (C=O) groups excluding carboxylic acids is 1. The zero-order chi connectivity index (χ0) is 10.6. The van der Waals surface area contributed by atoms with Crippen molar-refractivity contribution in [1.29, 1.82) is 0 Å². The van der Waals surface area contributed by atoms with Gasteiger partial charge >= 0.3 is 0 Å². The molecule has 78 valence electrons. The van der Waals surface area contributed by atoms with E-state index in [0.717, 1.165) is 11.4 Å². The van der Waals surface area contributed by atoms with E-state index >= 15 is 0 Å². The van der Waals surface area contributed by atoms with Gasteiger partial charge in [-0.1, -0.05) is 6.07 Å². The lowest BCUT2D eigenvalue weighted by molar-refractivity contribution is 0.0984. The Morgan fingerprint density at radius 2 is 2.21 bits per heavy atom. The second kappa shape index (κ2) is 4.71. The van der Waals surface area contributed by atoms with Gasteiger partial charge in [0.05, 0.1) is 4.88 Å². The summed E-state index contributed by atoms with van der Waals surface area (Å²) in [5.41, 5.74) is 0.0930. The maximum absolute atomic E-state index is 11.6. The Bertz CT molecular complexity index is 285. The highest BCUT2D eigenvalue weighted by molar-refractivity contribution is 7.12. The maximum atomic E-state index is 11.6. The molecule has 0 unspecified atom stereocenters. The number of nitrogens with one attached hydrogen (secondary N) is 1. The summed E-state index contributed by atoms with van der Waals surface area (Å²) in [4.78, 5) is 12.4. The number of hydrogen-bond acceptors (Lipinski definition) is 3. The second-order valence-electron chi connectivity index (χ2n) is 4.33. The Balaban J connectivity index is 2.30. The van der Waals surface area contributed by atoms with E-state index in [2.05, 4.69) is 26.1 Å². The van der Waals surface area contributed by atoms with Crippen LogP contribution in [0.3, 0.4) is 0 Å². The molecule has 0 atom stereocenters. The standard InChI is InChI=1S/C11H17NOS/c1-11(2,3)12-7-6-9(13)10-5-4-8-14-10/h4-5,8,12H,6-7H2,1-3H3. The van der Waals surface area contributed by atoms with Crippen LogP contribution in [0.2, 0.25) is 0 Å². The Hall–Kier alpha value is -0.670. The molecule has 0 aliphatic carbocycles. The number of thiophene rings is 1. The molecule has 0 saturated carbocycles. The minimum absolute atomic E-state index is 0.0930. The first-order valence-corrected chi connectivity index (χ1v) is 5.69. The van der Waals surface area contributed by atoms with E-state index in [9.17, 15) is 4.79 Å². The van der Waals surface area contributed by atoms with Gasteiger partial charge in [0.15, 0.2) is 5.78 Å². The Labute approximate surface area is 89.3 Å². The van der Waals surface area contributed by atoms with Crippen molar-refractivity contribution < 1.29 is 4.79 Å². The molecule has 0 fully saturated rings. The normalized spacial score (nSPS) is 11.6. The highest BCUT2D eigenvalue weighted by atomic mass is 32.1. The molecule has 0 saturated heterocycles. The zero-order valence-electron chi connectivity index (χ0n) is 8.96. The third kappa shape index (κ3) is 4.03. The van der Waals surface area contributed by atoms with Gasteiger partial charge in [-0.15, -0.1) is 11.3 Å². The van der Waals surface area contributed by atoms with E-state index in [1.165, 1.54) is 11.3 Å². The first kappa shape index (κ1) is 11.4. The lowest BCUT2D eigenvalue weighted by Gasteiger charge is -2.19. The lowest BCUT2D eigenvalue weighted by Crippen LogP contribution is -2.37. The van der Waals surface area contributed by atoms with Gasteiger partial charge in [0.2, 0.25) is 0 Å². The fourth-order valence-electron chi connectivity index (χ4n) is 1.11. The quantitative estimate of drug-likeness (QED) is 0.776. The first-order valence-electron chi connectivity index (χ1n) is 4.81. The molecular formula is C11H17NOS. The molecule has 14 heavy (non-hydrogen) atoms. The highest BCUT2D eigenvalue weighted by Crippen LogP contribution is 2.11. The Morgan fingerprint density at radius 3 is 2.71 bits per heavy atom. The van der Waals surface area contributed by atoms with Gasteiger partial charge in [-0.25, -0.2) is 0 Å². The van der Waals surface area contributed by atoms with Crippen LogP contribution in [-0.2, 0) is 0 Å². The van der Waals surface area contributed by atoms with Crippen molar-refractivity contribution in [3.8, 4) is 0 Å². The van der Waals surface area contributed by atoms with Crippen LogP contribution in [-0.4, -0.2) is 17.9 Å². The Kier molecular flexibility index (Phi) is 3.84. The molecule has 1 N–H and O–H groups in total. The minimum Gasteiger partial charge on any atom is -0.312 e. The van der Waals surface area contributed by atoms with E-state index in [0.29, 0.717) is 6.42 Å². The second-order valence-corrected chi connectivity index (χ2v) is 5.27. The molecule has 3 heteroatoms. The average Bonchev–Trinajstić information content (AvgIpc) is 2.53. The van der Waals surface area contributed by atoms with Crippen LogP contribution in [0.4, 0.5) is 0 Å². The smallest absolute Gasteiger partial charge is 0.174 e. The molecule has 0 bridgehead atoms. The Morgan fingerprint density at radius 1 is 1.50 bits per heavy atom. The molecule has 0 aliphatic heterocycles. The van der Waals surface area contributed by atoms with Gasteiger partial charge in [-0.2, -0.15) is 0 Å². The van der Waals surface area contributed by atoms with Crippen LogP contribution < -0.4 is 5.32 Å². The number of ketones is 1. The minimum atomic E-state index is 0.0930. The van der Waals surface area contributed by atoms with E-state index in [1.54, 1.807) is 0 Å². The van der Waals surface area contributed by atoms with E-state index in [4.69, 9.17) is 0 Å². The summed E-state index contributed by atoms with van der Waals surface area (Å²) in [6.45, 7) is 7.05. The molecule has 0 aromatic carbocycles. The first-order chi connectivity index (χ1) is 6.49. The summed E-state index contributed by atoms with van der Waals surface area (Å²) in [5.74, 6) is 0.233. The van der Waals surface area contributed by atoms with Gasteiger partial charge in [-0.3, -0.25) is 4.79 Å². The zero-order valence-corrected chi connectivity index (χ0v) is 9.78. The van der Waals surface area contributed by atoms with E-state index in [1.807, 2.05) is 17.5 Å². The van der Waals surface area contributed by atoms with Crippen molar-refractivity contribution in [2.45, 2.75) is 32.7 Å². The van der Waals surface area contributed by atoms with Crippen molar-refractivity contribution in [2.24, 2.45) is 0 Å². The van der Waals surface area contributed by atoms with Crippen molar-refractivity contribution in [1.82, 2.24) is 5.32 Å². The van der Waals surface area contributed by atoms with Crippen molar-refractivity contribution in [2.75, 3.05) is 6.54 Å². The third-order valence-electron chi connectivity index (χ3n) is 1.80. The van der Waals surface area contributed by atoms with Crippen LogP contribution in [0, 0.1) is 0 Å². The molecule has 0 aliphatic rings. The largest absolute Gasteiger partial charge is 0.312 e. The van der Waals surface area contributed by atoms with Crippen LogP contribution in [0.1, 0.15) is 36.9 Å². The molecule has 1 aromatic heterocycles. The molecular weight excluding hydrogens is 194 g/mol. The molecule has 1 aromatic rings. The van der Waals surface area contributed by atoms with Crippen molar-refractivity contribution in [3.63, 3.8) is 0 Å². The SMILES string of the molecule is CC(C)(C)NCCC(=O)c1cccs1. The average molecular weight is 211 g/mol. The summed E-state index contributed by atoms with van der Waals surface area (Å²) >= 11 is 1.51. The van der Waals surface area contributed by atoms with E-state index < -0.39 is 0 Å². The lowest BCUT2D eigenvalue weighted by atomic mass is 10.1. The molecule has 0 spiro atoms.